The third-order valence-corrected chi connectivity index (χ3v) is 3.82. The largest absolute Gasteiger partial charge is 0.371 e. The number of rotatable bonds is 5. The predicted octanol–water partition coefficient (Wildman–Crippen LogP) is 1.61. The summed E-state index contributed by atoms with van der Waals surface area (Å²) in [5.74, 6) is 0.980. The van der Waals surface area contributed by atoms with Gasteiger partial charge in [0.2, 0.25) is 0 Å². The van der Waals surface area contributed by atoms with Crippen LogP contribution < -0.4 is 5.32 Å². The van der Waals surface area contributed by atoms with Gasteiger partial charge in [0.1, 0.15) is 6.10 Å². The van der Waals surface area contributed by atoms with E-state index in [2.05, 4.69) is 28.6 Å². The first-order valence-corrected chi connectivity index (χ1v) is 7.91. The van der Waals surface area contributed by atoms with Crippen LogP contribution >= 0.6 is 11.8 Å². The molecular weight excluding hydrogens is 260 g/mol. The molecule has 4 nitrogen and oxygen atoms in total. The van der Waals surface area contributed by atoms with Gasteiger partial charge in [0.15, 0.2) is 6.23 Å². The normalized spacial score (nSPS) is 22.2. The smallest absolute Gasteiger partial charge is 0.152 e. The molecule has 2 unspecified atom stereocenters. The van der Waals surface area contributed by atoms with Crippen LogP contribution in [0.4, 0.5) is 5.69 Å². The fraction of sp³-hybridized carbons (Fsp3) is 0.571. The Morgan fingerprint density at radius 3 is 3.16 bits per heavy atom. The summed E-state index contributed by atoms with van der Waals surface area (Å²) in [6.07, 6.45) is 1.23. The Hall–Kier alpha value is -0.750. The zero-order valence-electron chi connectivity index (χ0n) is 11.5. The molecule has 106 valence electrons. The second-order valence-electron chi connectivity index (χ2n) is 4.89. The number of thioether (sulfide) groups is 1. The molecule has 1 aliphatic rings. The zero-order chi connectivity index (χ0) is 13.7. The molecule has 0 spiro atoms. The Balaban J connectivity index is 1.94. The van der Waals surface area contributed by atoms with Crippen molar-refractivity contribution in [2.75, 3.05) is 38.3 Å². The van der Waals surface area contributed by atoms with E-state index in [0.717, 1.165) is 24.5 Å². The van der Waals surface area contributed by atoms with Gasteiger partial charge in [0.25, 0.3) is 0 Å². The van der Waals surface area contributed by atoms with Crippen LogP contribution in [0.1, 0.15) is 5.56 Å². The van der Waals surface area contributed by atoms with Crippen molar-refractivity contribution < 1.29 is 9.84 Å². The lowest BCUT2D eigenvalue weighted by atomic mass is 10.2. The second kappa shape index (κ2) is 7.14. The molecular formula is C14H22N2O2S. The molecule has 2 N–H and O–H groups in total. The standard InChI is InChI=1S/C14H22N2O2S/c1-16-6-7-18-13(9-16)14(17)15-12-5-3-4-11(8-12)10-19-2/h3-5,8,13-15,17H,6-7,9-10H2,1-2H3. The Morgan fingerprint density at radius 2 is 2.42 bits per heavy atom. The lowest BCUT2D eigenvalue weighted by Crippen LogP contribution is -2.48. The number of likely N-dealkylation sites (N-methyl/N-ethyl adjacent to an activating group) is 1. The van der Waals surface area contributed by atoms with E-state index in [1.807, 2.05) is 19.2 Å². The van der Waals surface area contributed by atoms with Crippen LogP contribution in [-0.4, -0.2) is 55.3 Å². The summed E-state index contributed by atoms with van der Waals surface area (Å²) < 4.78 is 5.60. The molecule has 0 radical (unpaired) electrons. The van der Waals surface area contributed by atoms with Crippen LogP contribution in [0.15, 0.2) is 24.3 Å². The van der Waals surface area contributed by atoms with Crippen LogP contribution in [0.2, 0.25) is 0 Å². The van der Waals surface area contributed by atoms with Gasteiger partial charge < -0.3 is 20.1 Å². The fourth-order valence-electron chi connectivity index (χ4n) is 2.18. The maximum absolute atomic E-state index is 10.2. The van der Waals surface area contributed by atoms with Gasteiger partial charge in [-0.3, -0.25) is 0 Å². The highest BCUT2D eigenvalue weighted by Crippen LogP contribution is 2.17. The van der Waals surface area contributed by atoms with Gasteiger partial charge in [-0.15, -0.1) is 0 Å². The number of hydrogen-bond acceptors (Lipinski definition) is 5. The number of nitrogens with one attached hydrogen (secondary N) is 1. The first-order valence-electron chi connectivity index (χ1n) is 6.51. The van der Waals surface area contributed by atoms with E-state index in [9.17, 15) is 5.11 Å². The third kappa shape index (κ3) is 4.38. The second-order valence-corrected chi connectivity index (χ2v) is 5.76. The highest BCUT2D eigenvalue weighted by molar-refractivity contribution is 7.97. The molecule has 1 heterocycles. The van der Waals surface area contributed by atoms with E-state index in [4.69, 9.17) is 4.74 Å². The number of morpholine rings is 1. The minimum atomic E-state index is -0.674. The lowest BCUT2D eigenvalue weighted by Gasteiger charge is -2.33. The fourth-order valence-corrected chi connectivity index (χ4v) is 2.70. The number of aliphatic hydroxyl groups excluding tert-OH is 1. The van der Waals surface area contributed by atoms with Crippen LogP contribution in [-0.2, 0) is 10.5 Å². The van der Waals surface area contributed by atoms with Crippen LogP contribution in [0.3, 0.4) is 0 Å². The molecule has 0 aliphatic carbocycles. The molecule has 0 bridgehead atoms. The zero-order valence-corrected chi connectivity index (χ0v) is 12.3. The van der Waals surface area contributed by atoms with Crippen molar-refractivity contribution >= 4 is 17.4 Å². The number of aliphatic hydroxyl groups is 1. The lowest BCUT2D eigenvalue weighted by molar-refractivity contribution is -0.0737. The number of anilines is 1. The topological polar surface area (TPSA) is 44.7 Å². The Labute approximate surface area is 119 Å². The van der Waals surface area contributed by atoms with Crippen molar-refractivity contribution in [2.45, 2.75) is 18.1 Å². The summed E-state index contributed by atoms with van der Waals surface area (Å²) in [5.41, 5.74) is 2.20. The van der Waals surface area contributed by atoms with Gasteiger partial charge in [-0.05, 0) is 31.0 Å². The quantitative estimate of drug-likeness (QED) is 0.803. The predicted molar refractivity (Wildman–Crippen MR) is 80.5 cm³/mol. The van der Waals surface area contributed by atoms with E-state index in [1.165, 1.54) is 5.56 Å². The van der Waals surface area contributed by atoms with Crippen molar-refractivity contribution in [1.82, 2.24) is 4.90 Å². The summed E-state index contributed by atoms with van der Waals surface area (Å²) in [6, 6.07) is 8.15. The molecule has 0 saturated carbocycles. The monoisotopic (exact) mass is 282 g/mol. The van der Waals surface area contributed by atoms with Crippen LogP contribution in [0.25, 0.3) is 0 Å². The highest BCUT2D eigenvalue weighted by Gasteiger charge is 2.24. The molecule has 1 aliphatic heterocycles. The SMILES string of the molecule is CSCc1cccc(NC(O)C2CN(C)CCO2)c1. The van der Waals surface area contributed by atoms with E-state index in [-0.39, 0.29) is 6.10 Å². The van der Waals surface area contributed by atoms with Crippen LogP contribution in [0.5, 0.6) is 0 Å². The maximum Gasteiger partial charge on any atom is 0.152 e. The van der Waals surface area contributed by atoms with Gasteiger partial charge >= 0.3 is 0 Å². The summed E-state index contributed by atoms with van der Waals surface area (Å²) in [7, 11) is 2.04. The summed E-state index contributed by atoms with van der Waals surface area (Å²) in [4.78, 5) is 2.17. The van der Waals surface area contributed by atoms with Gasteiger partial charge in [-0.25, -0.2) is 0 Å². The molecule has 0 aromatic heterocycles. The minimum Gasteiger partial charge on any atom is -0.371 e. The van der Waals surface area contributed by atoms with Gasteiger partial charge in [-0.2, -0.15) is 11.8 Å². The van der Waals surface area contributed by atoms with Crippen molar-refractivity contribution in [3.05, 3.63) is 29.8 Å². The van der Waals surface area contributed by atoms with E-state index < -0.39 is 6.23 Å². The first-order chi connectivity index (χ1) is 9.19. The Morgan fingerprint density at radius 1 is 1.58 bits per heavy atom. The molecule has 19 heavy (non-hydrogen) atoms. The molecule has 2 atom stereocenters. The number of ether oxygens (including phenoxy) is 1. The number of nitrogens with zero attached hydrogens (tertiary/aromatic N) is 1. The van der Waals surface area contributed by atoms with Gasteiger partial charge in [0, 0.05) is 24.5 Å². The molecule has 1 saturated heterocycles. The molecule has 1 aromatic carbocycles. The van der Waals surface area contributed by atoms with E-state index in [0.29, 0.717) is 6.61 Å². The third-order valence-electron chi connectivity index (χ3n) is 3.20. The summed E-state index contributed by atoms with van der Waals surface area (Å²) in [5, 5.41) is 13.3. The Bertz CT molecular complexity index is 403. The van der Waals surface area contributed by atoms with E-state index in [1.54, 1.807) is 11.8 Å². The van der Waals surface area contributed by atoms with E-state index >= 15 is 0 Å². The van der Waals surface area contributed by atoms with Gasteiger partial charge in [0.05, 0.1) is 6.61 Å². The van der Waals surface area contributed by atoms with Crippen molar-refractivity contribution in [3.8, 4) is 0 Å². The Kier molecular flexibility index (Phi) is 5.51. The van der Waals surface area contributed by atoms with Crippen molar-refractivity contribution in [2.24, 2.45) is 0 Å². The summed E-state index contributed by atoms with van der Waals surface area (Å²) in [6.45, 7) is 2.34. The molecule has 1 fully saturated rings. The molecule has 2 rings (SSSR count). The van der Waals surface area contributed by atoms with Gasteiger partial charge in [-0.1, -0.05) is 12.1 Å². The van der Waals surface area contributed by atoms with Crippen molar-refractivity contribution in [3.63, 3.8) is 0 Å². The summed E-state index contributed by atoms with van der Waals surface area (Å²) >= 11 is 1.79. The minimum absolute atomic E-state index is 0.178. The molecule has 5 heteroatoms. The molecule has 1 aromatic rings. The number of hydrogen-bond donors (Lipinski definition) is 2. The number of benzene rings is 1. The van der Waals surface area contributed by atoms with Crippen LogP contribution in [0, 0.1) is 0 Å². The average molecular weight is 282 g/mol. The van der Waals surface area contributed by atoms with Crippen molar-refractivity contribution in [1.29, 1.82) is 0 Å². The molecule has 0 amide bonds. The average Bonchev–Trinajstić information content (AvgIpc) is 2.39. The maximum atomic E-state index is 10.2. The first kappa shape index (κ1) is 14.7. The highest BCUT2D eigenvalue weighted by atomic mass is 32.2.